The molecule has 0 aliphatic carbocycles. The van der Waals surface area contributed by atoms with E-state index in [9.17, 15) is 28.8 Å². The first-order chi connectivity index (χ1) is 20.4. The summed E-state index contributed by atoms with van der Waals surface area (Å²) in [6.07, 6.45) is 6.35. The summed E-state index contributed by atoms with van der Waals surface area (Å²) in [5.41, 5.74) is -0.370. The highest BCUT2D eigenvalue weighted by Crippen LogP contribution is 2.33. The highest BCUT2D eigenvalue weighted by Gasteiger charge is 2.45. The molecule has 5 amide bonds. The quantitative estimate of drug-likeness (QED) is 0.232. The first-order valence-electron chi connectivity index (χ1n) is 15.2. The van der Waals surface area contributed by atoms with Crippen molar-refractivity contribution in [3.05, 3.63) is 29.1 Å². The number of piperidine rings is 1. The van der Waals surface area contributed by atoms with Crippen molar-refractivity contribution < 1.29 is 37.9 Å². The predicted octanol–water partition coefficient (Wildman–Crippen LogP) is 3.34. The normalized spacial score (nSPS) is 19.1. The van der Waals surface area contributed by atoms with Gasteiger partial charge in [-0.3, -0.25) is 39.0 Å². The molecule has 3 heterocycles. The molecule has 11 nitrogen and oxygen atoms in total. The van der Waals surface area contributed by atoms with Crippen molar-refractivity contribution in [2.24, 2.45) is 0 Å². The zero-order chi connectivity index (χ0) is 31.3. The number of benzene rings is 1. The fourth-order valence-electron chi connectivity index (χ4n) is 5.72. The Bertz CT molecular complexity index is 1280. The van der Waals surface area contributed by atoms with Crippen LogP contribution in [0.5, 0.6) is 0 Å². The molecule has 4 rings (SSSR count). The molecule has 0 saturated carbocycles. The molecule has 1 aromatic carbocycles. The number of rotatable bonds is 11. The number of hydrogen-bond donors (Lipinski definition) is 1. The van der Waals surface area contributed by atoms with Gasteiger partial charge in [-0.2, -0.15) is 0 Å². The number of unbranched alkanes of at least 4 members (excludes halogenated alkanes) is 5. The zero-order valence-electron chi connectivity index (χ0n) is 25.2. The smallest absolute Gasteiger partial charge is 0.306 e. The van der Waals surface area contributed by atoms with Crippen LogP contribution in [0.25, 0.3) is 0 Å². The Labute approximate surface area is 251 Å². The molecule has 1 unspecified atom stereocenters. The van der Waals surface area contributed by atoms with Gasteiger partial charge < -0.3 is 14.5 Å². The summed E-state index contributed by atoms with van der Waals surface area (Å²) in [4.78, 5) is 78.7. The second-order valence-corrected chi connectivity index (χ2v) is 12.4. The summed E-state index contributed by atoms with van der Waals surface area (Å²) in [5.74, 6) is -3.40. The van der Waals surface area contributed by atoms with Gasteiger partial charge in [0.2, 0.25) is 17.7 Å². The average molecular weight is 601 g/mol. The van der Waals surface area contributed by atoms with Crippen LogP contribution in [-0.2, 0) is 23.9 Å². The van der Waals surface area contributed by atoms with E-state index in [1.54, 1.807) is 9.80 Å². The number of nitrogens with zero attached hydrogens (tertiary/aromatic N) is 3. The van der Waals surface area contributed by atoms with E-state index >= 15 is 4.39 Å². The molecule has 1 N–H and O–H groups in total. The van der Waals surface area contributed by atoms with Crippen LogP contribution in [0.1, 0.15) is 106 Å². The summed E-state index contributed by atoms with van der Waals surface area (Å²) < 4.78 is 20.5. The number of hydrogen-bond acceptors (Lipinski definition) is 8. The fraction of sp³-hybridized carbons (Fsp3) is 0.613. The van der Waals surface area contributed by atoms with E-state index in [1.165, 1.54) is 6.07 Å². The summed E-state index contributed by atoms with van der Waals surface area (Å²) >= 11 is 0. The maximum absolute atomic E-state index is 15.2. The summed E-state index contributed by atoms with van der Waals surface area (Å²) in [5, 5.41) is 2.14. The second-order valence-electron chi connectivity index (χ2n) is 12.4. The Balaban J connectivity index is 1.20. The third kappa shape index (κ3) is 7.97. The molecule has 1 aromatic rings. The van der Waals surface area contributed by atoms with Crippen molar-refractivity contribution >= 4 is 41.2 Å². The van der Waals surface area contributed by atoms with E-state index in [0.717, 1.165) is 49.5 Å². The molecule has 3 aliphatic rings. The average Bonchev–Trinajstić information content (AvgIpc) is 3.17. The monoisotopic (exact) mass is 600 g/mol. The molecule has 2 fully saturated rings. The number of piperazine rings is 1. The van der Waals surface area contributed by atoms with Crippen molar-refractivity contribution in [2.75, 3.05) is 31.1 Å². The molecule has 0 radical (unpaired) electrons. The number of ether oxygens (including phenoxy) is 1. The molecule has 0 spiro atoms. The van der Waals surface area contributed by atoms with Gasteiger partial charge in [-0.1, -0.05) is 25.7 Å². The number of carbonyl (C=O) groups excluding carboxylic acids is 6. The molecular formula is C31H41FN4O7. The van der Waals surface area contributed by atoms with E-state index in [1.807, 2.05) is 20.8 Å². The largest absolute Gasteiger partial charge is 0.460 e. The standard InChI is InChI=1S/C31H41FN4O7/c1-31(2,3)43-27(39)11-9-7-5-4-6-8-10-26(38)35-16-14-34(15-17-35)24-19-21-20(18-22(24)32)29(41)36(30(21)42)23-12-13-25(37)33-28(23)40/h18-19,23H,4-17H2,1-3H3,(H,33,37,40). The Morgan fingerprint density at radius 1 is 0.884 bits per heavy atom. The predicted molar refractivity (Wildman–Crippen MR) is 155 cm³/mol. The number of halogens is 1. The Morgan fingerprint density at radius 2 is 1.47 bits per heavy atom. The minimum atomic E-state index is -1.12. The number of imide groups is 2. The fourth-order valence-corrected chi connectivity index (χ4v) is 5.72. The Kier molecular flexibility index (Phi) is 10.2. The van der Waals surface area contributed by atoms with Crippen LogP contribution in [0.4, 0.5) is 10.1 Å². The molecule has 0 aromatic heterocycles. The zero-order valence-corrected chi connectivity index (χ0v) is 25.2. The molecule has 0 bridgehead atoms. The van der Waals surface area contributed by atoms with Crippen LogP contribution in [0.2, 0.25) is 0 Å². The van der Waals surface area contributed by atoms with E-state index in [-0.39, 0.29) is 41.5 Å². The first kappa shape index (κ1) is 32.1. The molecular weight excluding hydrogens is 559 g/mol. The highest BCUT2D eigenvalue weighted by atomic mass is 19.1. The van der Waals surface area contributed by atoms with E-state index < -0.39 is 41.1 Å². The molecule has 43 heavy (non-hydrogen) atoms. The number of carbonyl (C=O) groups is 6. The van der Waals surface area contributed by atoms with Crippen LogP contribution in [0.3, 0.4) is 0 Å². The number of anilines is 1. The van der Waals surface area contributed by atoms with Crippen LogP contribution in [0.15, 0.2) is 12.1 Å². The topological polar surface area (TPSA) is 133 Å². The molecule has 1 atom stereocenters. The molecule has 234 valence electrons. The third-order valence-corrected chi connectivity index (χ3v) is 7.92. The minimum Gasteiger partial charge on any atom is -0.460 e. The van der Waals surface area contributed by atoms with Crippen LogP contribution < -0.4 is 10.2 Å². The molecule has 12 heteroatoms. The number of fused-ring (bicyclic) bond motifs is 1. The van der Waals surface area contributed by atoms with Gasteiger partial charge in [0.15, 0.2) is 0 Å². The number of esters is 1. The van der Waals surface area contributed by atoms with Gasteiger partial charge in [-0.25, -0.2) is 4.39 Å². The second kappa shape index (κ2) is 13.6. The van der Waals surface area contributed by atoms with E-state index in [0.29, 0.717) is 39.0 Å². The molecule has 3 aliphatic heterocycles. The van der Waals surface area contributed by atoms with Gasteiger partial charge in [-0.05, 0) is 52.2 Å². The van der Waals surface area contributed by atoms with Gasteiger partial charge in [0.1, 0.15) is 17.5 Å². The third-order valence-electron chi connectivity index (χ3n) is 7.92. The van der Waals surface area contributed by atoms with Gasteiger partial charge >= 0.3 is 5.97 Å². The maximum Gasteiger partial charge on any atom is 0.306 e. The lowest BCUT2D eigenvalue weighted by Gasteiger charge is -2.36. The summed E-state index contributed by atoms with van der Waals surface area (Å²) in [7, 11) is 0. The van der Waals surface area contributed by atoms with Gasteiger partial charge in [-0.15, -0.1) is 0 Å². The van der Waals surface area contributed by atoms with Crippen molar-refractivity contribution in [1.82, 2.24) is 15.1 Å². The minimum absolute atomic E-state index is 0.00377. The van der Waals surface area contributed by atoms with Crippen molar-refractivity contribution in [1.29, 1.82) is 0 Å². The van der Waals surface area contributed by atoms with Gasteiger partial charge in [0.25, 0.3) is 11.8 Å². The SMILES string of the molecule is CC(C)(C)OC(=O)CCCCCCCCC(=O)N1CCN(c2cc3c(cc2F)C(=O)N(C2CCC(=O)NC2=O)C3=O)CC1. The van der Waals surface area contributed by atoms with Crippen LogP contribution in [0, 0.1) is 5.82 Å². The molecule has 2 saturated heterocycles. The Morgan fingerprint density at radius 3 is 2.07 bits per heavy atom. The summed E-state index contributed by atoms with van der Waals surface area (Å²) in [6, 6.07) is 1.27. The number of amides is 5. The Hall–Kier alpha value is -3.83. The van der Waals surface area contributed by atoms with Crippen molar-refractivity contribution in [2.45, 2.75) is 96.6 Å². The number of nitrogens with one attached hydrogen (secondary N) is 1. The first-order valence-corrected chi connectivity index (χ1v) is 15.2. The van der Waals surface area contributed by atoms with Crippen molar-refractivity contribution in [3.8, 4) is 0 Å². The lowest BCUT2D eigenvalue weighted by atomic mass is 10.0. The lowest BCUT2D eigenvalue weighted by molar-refractivity contribution is -0.155. The van der Waals surface area contributed by atoms with Gasteiger partial charge in [0, 0.05) is 45.4 Å². The van der Waals surface area contributed by atoms with Crippen LogP contribution in [-0.4, -0.2) is 83.1 Å². The van der Waals surface area contributed by atoms with Crippen LogP contribution >= 0.6 is 0 Å². The highest BCUT2D eigenvalue weighted by molar-refractivity contribution is 6.23. The lowest BCUT2D eigenvalue weighted by Crippen LogP contribution is -2.54. The van der Waals surface area contributed by atoms with E-state index in [4.69, 9.17) is 4.74 Å². The maximum atomic E-state index is 15.2. The summed E-state index contributed by atoms with van der Waals surface area (Å²) in [6.45, 7) is 7.14. The van der Waals surface area contributed by atoms with Crippen molar-refractivity contribution in [3.63, 3.8) is 0 Å². The van der Waals surface area contributed by atoms with Gasteiger partial charge in [0.05, 0.1) is 16.8 Å². The van der Waals surface area contributed by atoms with E-state index in [2.05, 4.69) is 5.32 Å².